The first-order valence-corrected chi connectivity index (χ1v) is 7.04. The van der Waals surface area contributed by atoms with Crippen LogP contribution in [0.15, 0.2) is 17.3 Å². The van der Waals surface area contributed by atoms with Gasteiger partial charge < -0.3 is 5.32 Å². The van der Waals surface area contributed by atoms with E-state index in [2.05, 4.69) is 29.3 Å². The van der Waals surface area contributed by atoms with Gasteiger partial charge in [-0.3, -0.25) is 9.67 Å². The number of aliphatic imine (C=N–C) groups is 1. The van der Waals surface area contributed by atoms with Crippen LogP contribution in [0.3, 0.4) is 0 Å². The van der Waals surface area contributed by atoms with Crippen molar-refractivity contribution in [2.45, 2.75) is 38.8 Å². The molecular weight excluding hydrogens is 232 g/mol. The van der Waals surface area contributed by atoms with Crippen LogP contribution in [0.4, 0.5) is 0 Å². The van der Waals surface area contributed by atoms with Crippen molar-refractivity contribution in [1.29, 1.82) is 0 Å². The number of nitrogens with zero attached hydrogens (tertiary/aromatic N) is 3. The molecule has 1 atom stereocenters. The van der Waals surface area contributed by atoms with Crippen molar-refractivity contribution >= 4 is 16.9 Å². The number of thioether (sulfide) groups is 1. The van der Waals surface area contributed by atoms with E-state index in [4.69, 9.17) is 0 Å². The first kappa shape index (κ1) is 12.5. The Bertz CT molecular complexity index is 412. The number of amidine groups is 1. The zero-order chi connectivity index (χ0) is 12.3. The van der Waals surface area contributed by atoms with Gasteiger partial charge in [0, 0.05) is 24.5 Å². The van der Waals surface area contributed by atoms with Crippen molar-refractivity contribution < 1.29 is 0 Å². The Hall–Kier alpha value is -0.970. The molecule has 1 aromatic heterocycles. The van der Waals surface area contributed by atoms with E-state index >= 15 is 0 Å². The van der Waals surface area contributed by atoms with Gasteiger partial charge in [-0.25, -0.2) is 0 Å². The molecular formula is C12H20N4S. The molecule has 1 aliphatic rings. The predicted octanol–water partition coefficient (Wildman–Crippen LogP) is 2.17. The van der Waals surface area contributed by atoms with Crippen LogP contribution in [0, 0.1) is 0 Å². The molecule has 2 heterocycles. The van der Waals surface area contributed by atoms with E-state index in [1.165, 1.54) is 6.42 Å². The van der Waals surface area contributed by atoms with Crippen LogP contribution in [-0.4, -0.2) is 26.2 Å². The Kier molecular flexibility index (Phi) is 3.76. The topological polar surface area (TPSA) is 42.2 Å². The SMILES string of the molecule is CCC1(C)CCSC(=NCc2ccn(C)n2)N1. The second-order valence-electron chi connectivity index (χ2n) is 4.74. The summed E-state index contributed by atoms with van der Waals surface area (Å²) in [6, 6.07) is 2.01. The minimum Gasteiger partial charge on any atom is -0.360 e. The van der Waals surface area contributed by atoms with E-state index in [0.29, 0.717) is 6.54 Å². The van der Waals surface area contributed by atoms with Gasteiger partial charge in [0.15, 0.2) is 5.17 Å². The number of aryl methyl sites for hydroxylation is 1. The van der Waals surface area contributed by atoms with E-state index in [1.54, 1.807) is 0 Å². The lowest BCUT2D eigenvalue weighted by Gasteiger charge is -2.35. The third kappa shape index (κ3) is 3.25. The van der Waals surface area contributed by atoms with Crippen LogP contribution in [0.1, 0.15) is 32.4 Å². The standard InChI is InChI=1S/C12H20N4S/c1-4-12(2)6-8-17-11(14-12)13-9-10-5-7-16(3)15-10/h5,7H,4,6,8-9H2,1-3H3,(H,13,14). The van der Waals surface area contributed by atoms with Crippen molar-refractivity contribution in [1.82, 2.24) is 15.1 Å². The summed E-state index contributed by atoms with van der Waals surface area (Å²) in [4.78, 5) is 4.60. The van der Waals surface area contributed by atoms with Gasteiger partial charge in [0.05, 0.1) is 12.2 Å². The molecule has 1 fully saturated rings. The Morgan fingerprint density at radius 2 is 2.47 bits per heavy atom. The molecule has 1 N–H and O–H groups in total. The van der Waals surface area contributed by atoms with Crippen LogP contribution in [0.2, 0.25) is 0 Å². The van der Waals surface area contributed by atoms with Gasteiger partial charge in [0.1, 0.15) is 0 Å². The number of rotatable bonds is 3. The molecule has 0 saturated carbocycles. The largest absolute Gasteiger partial charge is 0.360 e. The molecule has 2 rings (SSSR count). The van der Waals surface area contributed by atoms with E-state index in [9.17, 15) is 0 Å². The summed E-state index contributed by atoms with van der Waals surface area (Å²) in [5.41, 5.74) is 1.24. The number of hydrogen-bond acceptors (Lipinski definition) is 3. The Labute approximate surface area is 107 Å². The number of nitrogens with one attached hydrogen (secondary N) is 1. The molecule has 0 radical (unpaired) electrons. The number of aromatic nitrogens is 2. The summed E-state index contributed by atoms with van der Waals surface area (Å²) in [6.45, 7) is 5.15. The normalized spacial score (nSPS) is 27.1. The van der Waals surface area contributed by atoms with Crippen LogP contribution >= 0.6 is 11.8 Å². The maximum absolute atomic E-state index is 4.60. The first-order chi connectivity index (χ1) is 8.11. The Morgan fingerprint density at radius 3 is 3.12 bits per heavy atom. The van der Waals surface area contributed by atoms with Crippen LogP contribution in [0.25, 0.3) is 0 Å². The molecule has 1 aliphatic heterocycles. The second-order valence-corrected chi connectivity index (χ2v) is 5.82. The Balaban J connectivity index is 1.97. The molecule has 1 aromatic rings. The third-order valence-electron chi connectivity index (χ3n) is 3.24. The van der Waals surface area contributed by atoms with Crippen LogP contribution in [0.5, 0.6) is 0 Å². The molecule has 1 unspecified atom stereocenters. The summed E-state index contributed by atoms with van der Waals surface area (Å²) in [6.07, 6.45) is 4.29. The first-order valence-electron chi connectivity index (χ1n) is 6.05. The molecule has 0 aromatic carbocycles. The minimum atomic E-state index is 0.216. The van der Waals surface area contributed by atoms with Gasteiger partial charge in [0.25, 0.3) is 0 Å². The molecule has 0 aliphatic carbocycles. The van der Waals surface area contributed by atoms with Crippen molar-refractivity contribution in [2.24, 2.45) is 12.0 Å². The molecule has 0 bridgehead atoms. The molecule has 5 heteroatoms. The fourth-order valence-corrected chi connectivity index (χ4v) is 3.00. The van der Waals surface area contributed by atoms with E-state index in [0.717, 1.165) is 23.0 Å². The highest BCUT2D eigenvalue weighted by Crippen LogP contribution is 2.24. The van der Waals surface area contributed by atoms with Crippen LogP contribution in [-0.2, 0) is 13.6 Å². The highest BCUT2D eigenvalue weighted by molar-refractivity contribution is 8.13. The fourth-order valence-electron chi connectivity index (χ4n) is 1.78. The highest BCUT2D eigenvalue weighted by atomic mass is 32.2. The third-order valence-corrected chi connectivity index (χ3v) is 4.15. The molecule has 1 saturated heterocycles. The minimum absolute atomic E-state index is 0.216. The highest BCUT2D eigenvalue weighted by Gasteiger charge is 2.27. The molecule has 17 heavy (non-hydrogen) atoms. The smallest absolute Gasteiger partial charge is 0.157 e. The van der Waals surface area contributed by atoms with Crippen molar-refractivity contribution in [3.05, 3.63) is 18.0 Å². The molecule has 94 valence electrons. The second kappa shape index (κ2) is 5.12. The number of hydrogen-bond donors (Lipinski definition) is 1. The van der Waals surface area contributed by atoms with Gasteiger partial charge >= 0.3 is 0 Å². The lowest BCUT2D eigenvalue weighted by atomic mass is 9.96. The van der Waals surface area contributed by atoms with Gasteiger partial charge in [0.2, 0.25) is 0 Å². The summed E-state index contributed by atoms with van der Waals surface area (Å²) in [5, 5.41) is 8.92. The lowest BCUT2D eigenvalue weighted by Crippen LogP contribution is -2.48. The maximum Gasteiger partial charge on any atom is 0.157 e. The van der Waals surface area contributed by atoms with E-state index in [-0.39, 0.29) is 5.54 Å². The average molecular weight is 252 g/mol. The average Bonchev–Trinajstić information content (AvgIpc) is 2.73. The van der Waals surface area contributed by atoms with E-state index < -0.39 is 0 Å². The van der Waals surface area contributed by atoms with E-state index in [1.807, 2.05) is 35.8 Å². The van der Waals surface area contributed by atoms with Gasteiger partial charge in [-0.1, -0.05) is 18.7 Å². The monoisotopic (exact) mass is 252 g/mol. The Morgan fingerprint density at radius 1 is 1.65 bits per heavy atom. The summed E-state index contributed by atoms with van der Waals surface area (Å²) in [5.74, 6) is 1.15. The van der Waals surface area contributed by atoms with Crippen molar-refractivity contribution in [3.63, 3.8) is 0 Å². The summed E-state index contributed by atoms with van der Waals surface area (Å²) in [7, 11) is 1.93. The molecule has 0 amide bonds. The quantitative estimate of drug-likeness (QED) is 0.896. The lowest BCUT2D eigenvalue weighted by molar-refractivity contribution is 0.390. The van der Waals surface area contributed by atoms with Gasteiger partial charge in [-0.2, -0.15) is 5.10 Å². The fraction of sp³-hybridized carbons (Fsp3) is 0.667. The van der Waals surface area contributed by atoms with Crippen molar-refractivity contribution in [3.8, 4) is 0 Å². The maximum atomic E-state index is 4.60. The predicted molar refractivity (Wildman–Crippen MR) is 73.3 cm³/mol. The molecule has 0 spiro atoms. The van der Waals surface area contributed by atoms with Crippen molar-refractivity contribution in [2.75, 3.05) is 5.75 Å². The summed E-state index contributed by atoms with van der Waals surface area (Å²) < 4.78 is 1.81. The zero-order valence-electron chi connectivity index (χ0n) is 10.7. The zero-order valence-corrected chi connectivity index (χ0v) is 11.5. The van der Waals surface area contributed by atoms with Gasteiger partial charge in [-0.15, -0.1) is 0 Å². The van der Waals surface area contributed by atoms with Gasteiger partial charge in [-0.05, 0) is 25.8 Å². The molecule has 4 nitrogen and oxygen atoms in total. The van der Waals surface area contributed by atoms with Crippen LogP contribution < -0.4 is 5.32 Å². The summed E-state index contributed by atoms with van der Waals surface area (Å²) >= 11 is 1.81.